The van der Waals surface area contributed by atoms with E-state index in [9.17, 15) is 10.1 Å². The van der Waals surface area contributed by atoms with Gasteiger partial charge in [0.2, 0.25) is 0 Å². The Morgan fingerprint density at radius 2 is 2.14 bits per heavy atom. The van der Waals surface area contributed by atoms with Crippen molar-refractivity contribution in [2.45, 2.75) is 6.54 Å². The smallest absolute Gasteiger partial charge is 0.311 e. The predicted molar refractivity (Wildman–Crippen MR) is 81.4 cm³/mol. The second-order valence-electron chi connectivity index (χ2n) is 4.34. The molecule has 0 atom stereocenters. The van der Waals surface area contributed by atoms with Gasteiger partial charge in [-0.25, -0.2) is 0 Å². The molecule has 0 spiro atoms. The summed E-state index contributed by atoms with van der Waals surface area (Å²) in [6.45, 7) is 0.457. The van der Waals surface area contributed by atoms with E-state index in [2.05, 4.69) is 11.2 Å². The highest BCUT2D eigenvalue weighted by Gasteiger charge is 2.14. The molecule has 21 heavy (non-hydrogen) atoms. The van der Waals surface area contributed by atoms with Crippen molar-refractivity contribution in [1.29, 1.82) is 0 Å². The summed E-state index contributed by atoms with van der Waals surface area (Å²) >= 11 is 0. The molecule has 0 fully saturated rings. The Balaban J connectivity index is 2.15. The van der Waals surface area contributed by atoms with Gasteiger partial charge in [-0.15, -0.1) is 6.42 Å². The number of terminal acetylenes is 1. The lowest BCUT2D eigenvalue weighted by molar-refractivity contribution is -0.385. The van der Waals surface area contributed by atoms with Crippen LogP contribution >= 0.6 is 0 Å². The largest absolute Gasteiger partial charge is 0.490 e. The number of hydrogen-bond donors (Lipinski definition) is 1. The van der Waals surface area contributed by atoms with Gasteiger partial charge in [0.1, 0.15) is 0 Å². The van der Waals surface area contributed by atoms with E-state index >= 15 is 0 Å². The fourth-order valence-corrected chi connectivity index (χ4v) is 1.91. The van der Waals surface area contributed by atoms with Crippen molar-refractivity contribution in [3.63, 3.8) is 0 Å². The molecular formula is C16H14N2O3. The Bertz CT molecular complexity index is 705. The van der Waals surface area contributed by atoms with Gasteiger partial charge in [0.15, 0.2) is 5.75 Å². The molecule has 0 bridgehead atoms. The topological polar surface area (TPSA) is 64.4 Å². The maximum atomic E-state index is 11.0. The summed E-state index contributed by atoms with van der Waals surface area (Å²) in [5, 5.41) is 14.2. The van der Waals surface area contributed by atoms with Gasteiger partial charge in [0.25, 0.3) is 0 Å². The Morgan fingerprint density at radius 1 is 1.33 bits per heavy atom. The second-order valence-corrected chi connectivity index (χ2v) is 4.34. The van der Waals surface area contributed by atoms with Crippen LogP contribution in [-0.2, 0) is 6.54 Å². The van der Waals surface area contributed by atoms with Gasteiger partial charge < -0.3 is 10.1 Å². The first-order valence-electron chi connectivity index (χ1n) is 6.26. The van der Waals surface area contributed by atoms with Crippen LogP contribution in [0.5, 0.6) is 5.75 Å². The second kappa shape index (κ2) is 6.44. The number of nitro benzene ring substituents is 1. The Morgan fingerprint density at radius 3 is 2.81 bits per heavy atom. The first kappa shape index (κ1) is 14.4. The third-order valence-corrected chi connectivity index (χ3v) is 2.97. The molecule has 0 aliphatic carbocycles. The van der Waals surface area contributed by atoms with Gasteiger partial charge in [0.05, 0.1) is 12.0 Å². The molecule has 106 valence electrons. The molecule has 5 nitrogen and oxygen atoms in total. The lowest BCUT2D eigenvalue weighted by atomic mass is 10.1. The van der Waals surface area contributed by atoms with Crippen LogP contribution in [0.15, 0.2) is 42.5 Å². The van der Waals surface area contributed by atoms with Gasteiger partial charge in [0, 0.05) is 23.9 Å². The van der Waals surface area contributed by atoms with Crippen molar-refractivity contribution in [2.24, 2.45) is 0 Å². The number of nitrogens with zero attached hydrogens (tertiary/aromatic N) is 1. The zero-order valence-corrected chi connectivity index (χ0v) is 11.5. The summed E-state index contributed by atoms with van der Waals surface area (Å²) in [7, 11) is 1.41. The zero-order chi connectivity index (χ0) is 15.2. The number of anilines is 1. The number of methoxy groups -OCH3 is 1. The van der Waals surface area contributed by atoms with Crippen molar-refractivity contribution in [3.8, 4) is 18.1 Å². The number of ether oxygens (including phenoxy) is 1. The highest BCUT2D eigenvalue weighted by molar-refractivity contribution is 5.52. The molecule has 0 aromatic heterocycles. The molecule has 0 saturated carbocycles. The minimum atomic E-state index is -0.457. The van der Waals surface area contributed by atoms with Gasteiger partial charge in [-0.2, -0.15) is 0 Å². The maximum Gasteiger partial charge on any atom is 0.311 e. The van der Waals surface area contributed by atoms with Crippen LogP contribution in [0.3, 0.4) is 0 Å². The van der Waals surface area contributed by atoms with Crippen molar-refractivity contribution in [2.75, 3.05) is 12.4 Å². The van der Waals surface area contributed by atoms with Crippen LogP contribution in [0.1, 0.15) is 11.1 Å². The third kappa shape index (κ3) is 3.51. The molecule has 0 aliphatic heterocycles. The van der Waals surface area contributed by atoms with Gasteiger partial charge in [-0.3, -0.25) is 10.1 Å². The predicted octanol–water partition coefficient (Wildman–Crippen LogP) is 3.20. The van der Waals surface area contributed by atoms with Crippen molar-refractivity contribution < 1.29 is 9.66 Å². The molecule has 2 rings (SSSR count). The summed E-state index contributed by atoms with van der Waals surface area (Å²) in [6, 6.07) is 12.3. The van der Waals surface area contributed by atoms with Gasteiger partial charge >= 0.3 is 5.69 Å². The highest BCUT2D eigenvalue weighted by Crippen LogP contribution is 2.27. The van der Waals surface area contributed by atoms with Crippen LogP contribution in [0.4, 0.5) is 11.4 Å². The van der Waals surface area contributed by atoms with Crippen molar-refractivity contribution in [1.82, 2.24) is 0 Å². The molecular weight excluding hydrogens is 268 g/mol. The lowest BCUT2D eigenvalue weighted by Crippen LogP contribution is -2.01. The molecule has 1 N–H and O–H groups in total. The summed E-state index contributed by atoms with van der Waals surface area (Å²) in [5.41, 5.74) is 2.38. The summed E-state index contributed by atoms with van der Waals surface area (Å²) < 4.78 is 4.97. The van der Waals surface area contributed by atoms with E-state index in [1.54, 1.807) is 12.1 Å². The van der Waals surface area contributed by atoms with E-state index in [-0.39, 0.29) is 11.4 Å². The van der Waals surface area contributed by atoms with E-state index in [0.29, 0.717) is 6.54 Å². The number of benzene rings is 2. The number of hydrogen-bond acceptors (Lipinski definition) is 4. The Kier molecular flexibility index (Phi) is 4.42. The van der Waals surface area contributed by atoms with E-state index in [0.717, 1.165) is 16.8 Å². The molecule has 0 aliphatic rings. The first-order chi connectivity index (χ1) is 10.1. The van der Waals surface area contributed by atoms with E-state index in [1.807, 2.05) is 24.3 Å². The standard InChI is InChI=1S/C16H14N2O3/c1-3-12-5-4-6-14(9-12)17-11-13-7-8-16(21-2)15(10-13)18(19)20/h1,4-10,17H,11H2,2H3. The monoisotopic (exact) mass is 282 g/mol. The summed E-state index contributed by atoms with van der Waals surface area (Å²) in [5.74, 6) is 2.81. The average Bonchev–Trinajstić information content (AvgIpc) is 2.52. The van der Waals surface area contributed by atoms with Crippen molar-refractivity contribution in [3.05, 3.63) is 63.7 Å². The zero-order valence-electron chi connectivity index (χ0n) is 11.5. The fourth-order valence-electron chi connectivity index (χ4n) is 1.91. The minimum Gasteiger partial charge on any atom is -0.490 e. The van der Waals surface area contributed by atoms with Gasteiger partial charge in [-0.05, 0) is 29.8 Å². The Labute approximate surface area is 122 Å². The highest BCUT2D eigenvalue weighted by atomic mass is 16.6. The van der Waals surface area contributed by atoms with E-state index in [1.165, 1.54) is 13.2 Å². The third-order valence-electron chi connectivity index (χ3n) is 2.97. The molecule has 0 heterocycles. The molecule has 0 saturated heterocycles. The summed E-state index contributed by atoms with van der Waals surface area (Å²) in [6.07, 6.45) is 5.34. The molecule has 2 aromatic carbocycles. The molecule has 0 radical (unpaired) electrons. The molecule has 2 aromatic rings. The number of nitrogens with one attached hydrogen (secondary N) is 1. The quantitative estimate of drug-likeness (QED) is 0.519. The van der Waals surface area contributed by atoms with Crippen LogP contribution in [0, 0.1) is 22.5 Å². The molecule has 5 heteroatoms. The van der Waals surface area contributed by atoms with Gasteiger partial charge in [-0.1, -0.05) is 18.1 Å². The maximum absolute atomic E-state index is 11.0. The normalized spacial score (nSPS) is 9.71. The number of rotatable bonds is 5. The molecule has 0 amide bonds. The van der Waals surface area contributed by atoms with E-state index < -0.39 is 4.92 Å². The lowest BCUT2D eigenvalue weighted by Gasteiger charge is -2.08. The minimum absolute atomic E-state index is 0.0471. The van der Waals surface area contributed by atoms with Crippen LogP contribution in [0.2, 0.25) is 0 Å². The Hall–Kier alpha value is -3.00. The van der Waals surface area contributed by atoms with Crippen molar-refractivity contribution >= 4 is 11.4 Å². The van der Waals surface area contributed by atoms with E-state index in [4.69, 9.17) is 11.2 Å². The number of nitro groups is 1. The average molecular weight is 282 g/mol. The SMILES string of the molecule is C#Cc1cccc(NCc2ccc(OC)c([N+](=O)[O-])c2)c1. The fraction of sp³-hybridized carbons (Fsp3) is 0.125. The van der Waals surface area contributed by atoms with Crippen LogP contribution < -0.4 is 10.1 Å². The van der Waals surface area contributed by atoms with Crippen LogP contribution in [-0.4, -0.2) is 12.0 Å². The first-order valence-corrected chi connectivity index (χ1v) is 6.26. The molecule has 0 unspecified atom stereocenters. The summed E-state index contributed by atoms with van der Waals surface area (Å²) in [4.78, 5) is 10.5. The van der Waals surface area contributed by atoms with Crippen LogP contribution in [0.25, 0.3) is 0 Å².